The first kappa shape index (κ1) is 14.2. The molecule has 2 aromatic rings. The number of ether oxygens (including phenoxy) is 1. The second-order valence-corrected chi connectivity index (χ2v) is 3.22. The summed E-state index contributed by atoms with van der Waals surface area (Å²) in [6.07, 6.45) is 1.36. The highest BCUT2D eigenvalue weighted by atomic mass is 16.5. The first-order valence-corrected chi connectivity index (χ1v) is 5.81. The molecule has 0 spiro atoms. The minimum Gasteiger partial charge on any atom is -0.439 e. The highest BCUT2D eigenvalue weighted by molar-refractivity contribution is 6.58. The summed E-state index contributed by atoms with van der Waals surface area (Å²) in [4.78, 5) is 3.95. The van der Waals surface area contributed by atoms with Gasteiger partial charge in [0.1, 0.15) is 5.75 Å². The summed E-state index contributed by atoms with van der Waals surface area (Å²) in [5.74, 6) is 1.10. The monoisotopic (exact) mass is 245 g/mol. The molecular weight excluding hydrogens is 229 g/mol. The van der Waals surface area contributed by atoms with Crippen LogP contribution >= 0.6 is 0 Å². The zero-order valence-electron chi connectivity index (χ0n) is 10.4. The molecule has 0 aliphatic heterocycles. The summed E-state index contributed by atoms with van der Waals surface area (Å²) in [7, 11) is -1.50. The standard InChI is InChI=1S/C11H10BNO3.C2H6/c14-12(15)9-6-7-11(13-8-9)16-10-4-2-1-3-5-10;1-2/h1-8,14-15H;1-2H3. The van der Waals surface area contributed by atoms with Gasteiger partial charge >= 0.3 is 7.12 Å². The van der Waals surface area contributed by atoms with Gasteiger partial charge in [-0.1, -0.05) is 38.1 Å². The third-order valence-electron chi connectivity index (χ3n) is 2.02. The van der Waals surface area contributed by atoms with Gasteiger partial charge in [0.15, 0.2) is 0 Å². The largest absolute Gasteiger partial charge is 0.490 e. The lowest BCUT2D eigenvalue weighted by atomic mass is 9.82. The van der Waals surface area contributed by atoms with Crippen LogP contribution in [-0.4, -0.2) is 22.2 Å². The van der Waals surface area contributed by atoms with Gasteiger partial charge in [-0.05, 0) is 12.1 Å². The molecule has 0 radical (unpaired) electrons. The van der Waals surface area contributed by atoms with E-state index < -0.39 is 7.12 Å². The molecule has 1 heterocycles. The Hall–Kier alpha value is -1.85. The lowest BCUT2D eigenvalue weighted by Gasteiger charge is -2.04. The SMILES string of the molecule is CC.OB(O)c1ccc(Oc2ccccc2)nc1. The van der Waals surface area contributed by atoms with Crippen LogP contribution in [-0.2, 0) is 0 Å². The molecule has 0 amide bonds. The molecule has 1 aromatic heterocycles. The summed E-state index contributed by atoms with van der Waals surface area (Å²) in [6.45, 7) is 4.00. The number of nitrogens with zero attached hydrogens (tertiary/aromatic N) is 1. The lowest BCUT2D eigenvalue weighted by molar-refractivity contribution is 0.425. The fourth-order valence-electron chi connectivity index (χ4n) is 1.21. The molecule has 4 nitrogen and oxygen atoms in total. The molecule has 5 heteroatoms. The predicted molar refractivity (Wildman–Crippen MR) is 71.9 cm³/mol. The van der Waals surface area contributed by atoms with Gasteiger partial charge < -0.3 is 14.8 Å². The number of benzene rings is 1. The van der Waals surface area contributed by atoms with Gasteiger partial charge in [-0.25, -0.2) is 4.98 Å². The average molecular weight is 245 g/mol. The van der Waals surface area contributed by atoms with Crippen molar-refractivity contribution in [1.82, 2.24) is 4.98 Å². The summed E-state index contributed by atoms with van der Waals surface area (Å²) in [5.41, 5.74) is 0.334. The van der Waals surface area contributed by atoms with Gasteiger partial charge in [-0.15, -0.1) is 0 Å². The molecule has 2 rings (SSSR count). The van der Waals surface area contributed by atoms with Crippen LogP contribution in [0.3, 0.4) is 0 Å². The summed E-state index contributed by atoms with van der Waals surface area (Å²) >= 11 is 0. The van der Waals surface area contributed by atoms with E-state index in [0.29, 0.717) is 17.1 Å². The van der Waals surface area contributed by atoms with Crippen LogP contribution in [0.25, 0.3) is 0 Å². The Bertz CT molecular complexity index is 446. The Morgan fingerprint density at radius 1 is 1.00 bits per heavy atom. The van der Waals surface area contributed by atoms with Crippen LogP contribution in [0.4, 0.5) is 0 Å². The van der Waals surface area contributed by atoms with Crippen LogP contribution in [0, 0.1) is 0 Å². The van der Waals surface area contributed by atoms with E-state index >= 15 is 0 Å². The van der Waals surface area contributed by atoms with Gasteiger partial charge in [0.2, 0.25) is 5.88 Å². The molecule has 0 bridgehead atoms. The fourth-order valence-corrected chi connectivity index (χ4v) is 1.21. The molecule has 0 aliphatic carbocycles. The van der Waals surface area contributed by atoms with E-state index in [1.807, 2.05) is 44.2 Å². The number of hydrogen-bond donors (Lipinski definition) is 2. The molecular formula is C13H16BNO3. The van der Waals surface area contributed by atoms with Gasteiger partial charge in [0.05, 0.1) is 0 Å². The van der Waals surface area contributed by atoms with Gasteiger partial charge in [-0.2, -0.15) is 0 Å². The van der Waals surface area contributed by atoms with Crippen molar-refractivity contribution in [3.8, 4) is 11.6 Å². The van der Waals surface area contributed by atoms with E-state index in [0.717, 1.165) is 0 Å². The Balaban J connectivity index is 0.000000771. The zero-order valence-corrected chi connectivity index (χ0v) is 10.4. The molecule has 0 unspecified atom stereocenters. The third kappa shape index (κ3) is 4.20. The molecule has 0 aliphatic rings. The number of rotatable bonds is 3. The second-order valence-electron chi connectivity index (χ2n) is 3.22. The highest BCUT2D eigenvalue weighted by Crippen LogP contribution is 2.16. The highest BCUT2D eigenvalue weighted by Gasteiger charge is 2.10. The van der Waals surface area contributed by atoms with Crippen LogP contribution in [0.1, 0.15) is 13.8 Å². The van der Waals surface area contributed by atoms with E-state index in [1.165, 1.54) is 6.20 Å². The number of para-hydroxylation sites is 1. The van der Waals surface area contributed by atoms with E-state index in [2.05, 4.69) is 4.98 Å². The molecule has 0 fully saturated rings. The number of hydrogen-bond acceptors (Lipinski definition) is 4. The van der Waals surface area contributed by atoms with E-state index in [4.69, 9.17) is 14.8 Å². The maximum atomic E-state index is 8.88. The van der Waals surface area contributed by atoms with Crippen molar-refractivity contribution in [2.75, 3.05) is 0 Å². The smallest absolute Gasteiger partial charge is 0.439 e. The molecule has 0 atom stereocenters. The first-order valence-electron chi connectivity index (χ1n) is 5.81. The molecule has 18 heavy (non-hydrogen) atoms. The van der Waals surface area contributed by atoms with Crippen LogP contribution in [0.5, 0.6) is 11.6 Å². The van der Waals surface area contributed by atoms with E-state index in [1.54, 1.807) is 12.1 Å². The normalized spacial score (nSPS) is 9.11. The molecule has 94 valence electrons. The minimum atomic E-state index is -1.50. The summed E-state index contributed by atoms with van der Waals surface area (Å²) in [6, 6.07) is 12.4. The van der Waals surface area contributed by atoms with Crippen molar-refractivity contribution < 1.29 is 14.8 Å². The molecule has 1 aromatic carbocycles. The lowest BCUT2D eigenvalue weighted by Crippen LogP contribution is -2.29. The maximum Gasteiger partial charge on any atom is 0.490 e. The maximum absolute atomic E-state index is 8.88. The van der Waals surface area contributed by atoms with E-state index in [9.17, 15) is 0 Å². The fraction of sp³-hybridized carbons (Fsp3) is 0.154. The van der Waals surface area contributed by atoms with Gasteiger partial charge in [0.25, 0.3) is 0 Å². The minimum absolute atomic E-state index is 0.334. The number of aromatic nitrogens is 1. The Kier molecular flexibility index (Phi) is 5.90. The molecule has 0 saturated heterocycles. The van der Waals surface area contributed by atoms with Gasteiger partial charge in [0, 0.05) is 17.7 Å². The average Bonchev–Trinajstić information content (AvgIpc) is 2.43. The predicted octanol–water partition coefficient (Wildman–Crippen LogP) is 1.58. The number of pyridine rings is 1. The Morgan fingerprint density at radius 2 is 1.67 bits per heavy atom. The molecule has 2 N–H and O–H groups in total. The van der Waals surface area contributed by atoms with Crippen LogP contribution < -0.4 is 10.2 Å². The zero-order chi connectivity index (χ0) is 13.4. The van der Waals surface area contributed by atoms with Crippen molar-refractivity contribution in [1.29, 1.82) is 0 Å². The van der Waals surface area contributed by atoms with Crippen molar-refractivity contribution in [3.05, 3.63) is 48.7 Å². The Morgan fingerprint density at radius 3 is 2.17 bits per heavy atom. The van der Waals surface area contributed by atoms with Crippen molar-refractivity contribution in [3.63, 3.8) is 0 Å². The van der Waals surface area contributed by atoms with Crippen molar-refractivity contribution in [2.24, 2.45) is 0 Å². The van der Waals surface area contributed by atoms with Crippen LogP contribution in [0.2, 0.25) is 0 Å². The second kappa shape index (κ2) is 7.47. The topological polar surface area (TPSA) is 62.6 Å². The summed E-state index contributed by atoms with van der Waals surface area (Å²) < 4.78 is 5.44. The first-order chi connectivity index (χ1) is 8.75. The quantitative estimate of drug-likeness (QED) is 0.806. The van der Waals surface area contributed by atoms with Crippen molar-refractivity contribution >= 4 is 12.6 Å². The van der Waals surface area contributed by atoms with Crippen molar-refractivity contribution in [2.45, 2.75) is 13.8 Å². The van der Waals surface area contributed by atoms with E-state index in [-0.39, 0.29) is 0 Å². The third-order valence-corrected chi connectivity index (χ3v) is 2.02. The van der Waals surface area contributed by atoms with Gasteiger partial charge in [-0.3, -0.25) is 0 Å². The summed E-state index contributed by atoms with van der Waals surface area (Å²) in [5, 5.41) is 17.8. The van der Waals surface area contributed by atoms with Crippen LogP contribution in [0.15, 0.2) is 48.7 Å². The molecule has 0 saturated carbocycles. The Labute approximate surface area is 107 Å².